The van der Waals surface area contributed by atoms with E-state index in [0.717, 1.165) is 5.56 Å². The molecular formula is C17H25N3O4. The largest absolute Gasteiger partial charge is 0.548 e. The molecule has 7 heteroatoms. The smallest absolute Gasteiger partial charge is 0.278 e. The first-order chi connectivity index (χ1) is 11.3. The van der Waals surface area contributed by atoms with Gasteiger partial charge in [-0.2, -0.15) is 0 Å². The van der Waals surface area contributed by atoms with Crippen LogP contribution in [0, 0.1) is 5.92 Å². The van der Waals surface area contributed by atoms with Crippen molar-refractivity contribution in [3.8, 4) is 0 Å². The van der Waals surface area contributed by atoms with E-state index in [2.05, 4.69) is 16.4 Å². The van der Waals surface area contributed by atoms with E-state index >= 15 is 0 Å². The molecule has 0 saturated heterocycles. The van der Waals surface area contributed by atoms with Crippen LogP contribution in [-0.2, 0) is 20.8 Å². The number of quaternary nitrogens is 1. The maximum absolute atomic E-state index is 11.9. The number of benzene rings is 1. The normalized spacial score (nSPS) is 13.2. The highest BCUT2D eigenvalue weighted by Crippen LogP contribution is 2.03. The fourth-order valence-corrected chi connectivity index (χ4v) is 2.28. The Morgan fingerprint density at radius 2 is 1.79 bits per heavy atom. The van der Waals surface area contributed by atoms with Crippen LogP contribution in [-0.4, -0.2) is 36.4 Å². The molecule has 7 nitrogen and oxygen atoms in total. The fraction of sp³-hybridized carbons (Fsp3) is 0.471. The van der Waals surface area contributed by atoms with E-state index in [9.17, 15) is 19.5 Å². The summed E-state index contributed by atoms with van der Waals surface area (Å²) in [6, 6.07) is 7.33. The molecular weight excluding hydrogens is 310 g/mol. The summed E-state index contributed by atoms with van der Waals surface area (Å²) in [5.41, 5.74) is 4.52. The minimum absolute atomic E-state index is 0.119. The Morgan fingerprint density at radius 3 is 2.33 bits per heavy atom. The summed E-state index contributed by atoms with van der Waals surface area (Å²) in [7, 11) is 0. The van der Waals surface area contributed by atoms with Crippen molar-refractivity contribution in [3.63, 3.8) is 0 Å². The van der Waals surface area contributed by atoms with Crippen LogP contribution < -0.4 is 21.5 Å². The van der Waals surface area contributed by atoms with Crippen LogP contribution in [0.5, 0.6) is 0 Å². The lowest BCUT2D eigenvalue weighted by atomic mass is 10.0. The Hall–Kier alpha value is -2.41. The van der Waals surface area contributed by atoms with E-state index in [1.807, 2.05) is 19.9 Å². The van der Waals surface area contributed by atoms with Gasteiger partial charge in [0.15, 0.2) is 6.04 Å². The number of nitrogens with one attached hydrogen (secondary N) is 2. The number of rotatable bonds is 9. The summed E-state index contributed by atoms with van der Waals surface area (Å²) in [5.74, 6) is -1.95. The first-order valence-electron chi connectivity index (χ1n) is 7.94. The van der Waals surface area contributed by atoms with Gasteiger partial charge < -0.3 is 26.3 Å². The molecule has 1 rings (SSSR count). The third kappa shape index (κ3) is 7.23. The molecule has 0 spiro atoms. The van der Waals surface area contributed by atoms with Crippen LogP contribution in [0.25, 0.3) is 0 Å². The lowest BCUT2D eigenvalue weighted by Gasteiger charge is -2.20. The quantitative estimate of drug-likeness (QED) is 0.494. The van der Waals surface area contributed by atoms with Crippen molar-refractivity contribution in [1.82, 2.24) is 10.6 Å². The average molecular weight is 335 g/mol. The molecule has 1 aromatic carbocycles. The van der Waals surface area contributed by atoms with E-state index in [0.29, 0.717) is 12.3 Å². The highest BCUT2D eigenvalue weighted by molar-refractivity contribution is 5.88. The van der Waals surface area contributed by atoms with Gasteiger partial charge in [0, 0.05) is 6.42 Å². The SMILES string of the molecule is CC(C)C[C@@H]([NH3+])C(=O)NCC(=O)N[C@H](Cc1ccccc1)C(=O)[O-]. The molecule has 0 aliphatic rings. The highest BCUT2D eigenvalue weighted by atomic mass is 16.4. The van der Waals surface area contributed by atoms with Crippen LogP contribution in [0.4, 0.5) is 0 Å². The summed E-state index contributed by atoms with van der Waals surface area (Å²) in [5, 5.41) is 16.0. The minimum atomic E-state index is -1.37. The molecule has 0 aliphatic carbocycles. The molecule has 5 N–H and O–H groups in total. The highest BCUT2D eigenvalue weighted by Gasteiger charge is 2.20. The van der Waals surface area contributed by atoms with Crippen molar-refractivity contribution in [2.75, 3.05) is 6.54 Å². The third-order valence-electron chi connectivity index (χ3n) is 3.45. The van der Waals surface area contributed by atoms with Crippen LogP contribution >= 0.6 is 0 Å². The summed E-state index contributed by atoms with van der Waals surface area (Å²) in [4.78, 5) is 34.9. The number of carboxylic acids is 1. The molecule has 0 fully saturated rings. The monoisotopic (exact) mass is 335 g/mol. The first kappa shape index (κ1) is 19.6. The molecule has 0 bridgehead atoms. The van der Waals surface area contributed by atoms with Crippen molar-refractivity contribution in [2.24, 2.45) is 5.92 Å². The van der Waals surface area contributed by atoms with Gasteiger partial charge in [0.2, 0.25) is 5.91 Å². The predicted octanol–water partition coefficient (Wildman–Crippen LogP) is -1.76. The zero-order valence-corrected chi connectivity index (χ0v) is 14.1. The van der Waals surface area contributed by atoms with Gasteiger partial charge in [-0.05, 0) is 17.9 Å². The van der Waals surface area contributed by atoms with Crippen molar-refractivity contribution >= 4 is 17.8 Å². The van der Waals surface area contributed by atoms with E-state index in [-0.39, 0.29) is 18.9 Å². The Labute approximate surface area is 141 Å². The molecule has 0 saturated carbocycles. The number of carbonyl (C=O) groups is 3. The van der Waals surface area contributed by atoms with Gasteiger partial charge in [0.1, 0.15) is 0 Å². The molecule has 0 aliphatic heterocycles. The number of carbonyl (C=O) groups excluding carboxylic acids is 3. The molecule has 0 aromatic heterocycles. The molecule has 2 amide bonds. The Morgan fingerprint density at radius 1 is 1.17 bits per heavy atom. The van der Waals surface area contributed by atoms with Gasteiger partial charge in [-0.15, -0.1) is 0 Å². The minimum Gasteiger partial charge on any atom is -0.548 e. The predicted molar refractivity (Wildman–Crippen MR) is 86.2 cm³/mol. The zero-order valence-electron chi connectivity index (χ0n) is 14.1. The number of hydrogen-bond acceptors (Lipinski definition) is 4. The average Bonchev–Trinajstić information content (AvgIpc) is 2.52. The van der Waals surface area contributed by atoms with Crippen LogP contribution in [0.15, 0.2) is 30.3 Å². The van der Waals surface area contributed by atoms with E-state index in [1.54, 1.807) is 24.3 Å². The van der Waals surface area contributed by atoms with Gasteiger partial charge in [-0.3, -0.25) is 9.59 Å². The second kappa shape index (κ2) is 9.67. The second-order valence-electron chi connectivity index (χ2n) is 6.17. The van der Waals surface area contributed by atoms with Crippen LogP contribution in [0.1, 0.15) is 25.8 Å². The molecule has 0 radical (unpaired) electrons. The van der Waals surface area contributed by atoms with Gasteiger partial charge in [0.25, 0.3) is 5.91 Å². The first-order valence-corrected chi connectivity index (χ1v) is 7.94. The molecule has 132 valence electrons. The number of aliphatic carboxylic acids is 1. The lowest BCUT2D eigenvalue weighted by molar-refractivity contribution is -0.406. The number of hydrogen-bond donors (Lipinski definition) is 3. The Bertz CT molecular complexity index is 560. The number of carboxylic acid groups (broad SMARTS) is 1. The van der Waals surface area contributed by atoms with Crippen molar-refractivity contribution in [1.29, 1.82) is 0 Å². The Kier molecular flexibility index (Phi) is 7.91. The fourth-order valence-electron chi connectivity index (χ4n) is 2.28. The van der Waals surface area contributed by atoms with E-state index in [4.69, 9.17) is 0 Å². The molecule has 24 heavy (non-hydrogen) atoms. The maximum atomic E-state index is 11.9. The number of amides is 2. The summed E-state index contributed by atoms with van der Waals surface area (Å²) >= 11 is 0. The second-order valence-corrected chi connectivity index (χ2v) is 6.17. The van der Waals surface area contributed by atoms with Crippen molar-refractivity contribution in [3.05, 3.63) is 35.9 Å². The molecule has 0 unspecified atom stereocenters. The molecule has 0 heterocycles. The van der Waals surface area contributed by atoms with Gasteiger partial charge in [-0.25, -0.2) is 0 Å². The molecule has 1 aromatic rings. The van der Waals surface area contributed by atoms with Crippen molar-refractivity contribution in [2.45, 2.75) is 38.8 Å². The maximum Gasteiger partial charge on any atom is 0.278 e. The van der Waals surface area contributed by atoms with Crippen LogP contribution in [0.2, 0.25) is 0 Å². The van der Waals surface area contributed by atoms with Crippen molar-refractivity contribution < 1.29 is 25.2 Å². The van der Waals surface area contributed by atoms with Gasteiger partial charge in [0.05, 0.1) is 18.6 Å². The standard InChI is InChI=1S/C17H25N3O4/c1-11(2)8-13(18)16(22)19-10-15(21)20-14(17(23)24)9-12-6-4-3-5-7-12/h3-7,11,13-14H,8-10,18H2,1-2H3,(H,19,22)(H,20,21)(H,23,24)/t13-,14-/m1/s1. The van der Waals surface area contributed by atoms with Gasteiger partial charge in [-0.1, -0.05) is 44.2 Å². The third-order valence-corrected chi connectivity index (χ3v) is 3.45. The lowest BCUT2D eigenvalue weighted by Crippen LogP contribution is -2.68. The van der Waals surface area contributed by atoms with E-state index < -0.39 is 24.0 Å². The summed E-state index contributed by atoms with van der Waals surface area (Å²) in [6.07, 6.45) is 0.733. The topological polar surface area (TPSA) is 126 Å². The Balaban J connectivity index is 2.48. The molecule has 2 atom stereocenters. The van der Waals surface area contributed by atoms with E-state index in [1.165, 1.54) is 0 Å². The summed E-state index contributed by atoms with van der Waals surface area (Å²) in [6.45, 7) is 3.67. The summed E-state index contributed by atoms with van der Waals surface area (Å²) < 4.78 is 0. The van der Waals surface area contributed by atoms with Crippen LogP contribution in [0.3, 0.4) is 0 Å². The van der Waals surface area contributed by atoms with Gasteiger partial charge >= 0.3 is 0 Å². The zero-order chi connectivity index (χ0) is 18.1.